The molecule has 1 fully saturated rings. The Kier molecular flexibility index (Phi) is 4.14. The van der Waals surface area contributed by atoms with Crippen molar-refractivity contribution in [3.63, 3.8) is 0 Å². The topological polar surface area (TPSA) is 87.2 Å². The highest BCUT2D eigenvalue weighted by Gasteiger charge is 2.34. The van der Waals surface area contributed by atoms with Gasteiger partial charge in [0.2, 0.25) is 10.0 Å². The van der Waals surface area contributed by atoms with Crippen LogP contribution in [0.2, 0.25) is 0 Å². The van der Waals surface area contributed by atoms with E-state index in [2.05, 4.69) is 0 Å². The van der Waals surface area contributed by atoms with E-state index in [9.17, 15) is 13.7 Å². The zero-order chi connectivity index (χ0) is 14.9. The molecular formula is C14H19N3O2S. The van der Waals surface area contributed by atoms with Gasteiger partial charge < -0.3 is 5.73 Å². The summed E-state index contributed by atoms with van der Waals surface area (Å²) in [6.45, 7) is 4.01. The third-order valence-electron chi connectivity index (χ3n) is 3.79. The minimum Gasteiger partial charge on any atom is -0.328 e. The van der Waals surface area contributed by atoms with E-state index in [1.54, 1.807) is 19.1 Å². The number of aryl methyl sites for hydroxylation is 1. The van der Waals surface area contributed by atoms with Gasteiger partial charge in [0.25, 0.3) is 0 Å². The predicted molar refractivity (Wildman–Crippen MR) is 76.5 cm³/mol. The maximum atomic E-state index is 12.8. The molecule has 2 N–H and O–H groups in total. The Morgan fingerprint density at radius 3 is 2.75 bits per heavy atom. The van der Waals surface area contributed by atoms with Crippen molar-refractivity contribution in [2.75, 3.05) is 6.54 Å². The standard InChI is InChI=1S/C14H19N3O2S/c1-10-4-3-5-14(13(10)9-15)20(18,19)17-7-6-12(16)8-11(17)2/h3-5,11-12H,6-8,16H2,1-2H3/t11-,12+/m1/s1. The fraction of sp³-hybridized carbons (Fsp3) is 0.500. The summed E-state index contributed by atoms with van der Waals surface area (Å²) in [6.07, 6.45) is 1.30. The highest BCUT2D eigenvalue weighted by Crippen LogP contribution is 2.27. The smallest absolute Gasteiger partial charge is 0.244 e. The Morgan fingerprint density at radius 1 is 1.45 bits per heavy atom. The van der Waals surface area contributed by atoms with Crippen LogP contribution in [0.4, 0.5) is 0 Å². The lowest BCUT2D eigenvalue weighted by Gasteiger charge is -2.35. The van der Waals surface area contributed by atoms with Crippen molar-refractivity contribution in [3.05, 3.63) is 29.3 Å². The predicted octanol–water partition coefficient (Wildman–Crippen LogP) is 1.37. The monoisotopic (exact) mass is 293 g/mol. The van der Waals surface area contributed by atoms with Gasteiger partial charge in [0.05, 0.1) is 5.56 Å². The molecule has 108 valence electrons. The van der Waals surface area contributed by atoms with Gasteiger partial charge >= 0.3 is 0 Å². The Hall–Kier alpha value is -1.42. The van der Waals surface area contributed by atoms with Crippen molar-refractivity contribution in [1.82, 2.24) is 4.31 Å². The summed E-state index contributed by atoms with van der Waals surface area (Å²) < 4.78 is 27.0. The fourth-order valence-corrected chi connectivity index (χ4v) is 4.54. The molecule has 0 amide bonds. The van der Waals surface area contributed by atoms with Gasteiger partial charge in [-0.15, -0.1) is 0 Å². The maximum Gasteiger partial charge on any atom is 0.244 e. The molecule has 1 saturated heterocycles. The molecule has 1 aromatic carbocycles. The number of nitriles is 1. The molecule has 1 heterocycles. The molecule has 0 radical (unpaired) electrons. The fourth-order valence-electron chi connectivity index (χ4n) is 2.67. The molecule has 1 aromatic rings. The van der Waals surface area contributed by atoms with E-state index in [4.69, 9.17) is 5.73 Å². The molecule has 0 spiro atoms. The summed E-state index contributed by atoms with van der Waals surface area (Å²) >= 11 is 0. The molecule has 2 atom stereocenters. The van der Waals surface area contributed by atoms with Crippen molar-refractivity contribution in [2.24, 2.45) is 5.73 Å². The lowest BCUT2D eigenvalue weighted by molar-refractivity contribution is 0.247. The van der Waals surface area contributed by atoms with E-state index < -0.39 is 10.0 Å². The van der Waals surface area contributed by atoms with Crippen molar-refractivity contribution in [2.45, 2.75) is 43.7 Å². The molecule has 0 aromatic heterocycles. The molecule has 0 unspecified atom stereocenters. The van der Waals surface area contributed by atoms with Crippen LogP contribution in [0.5, 0.6) is 0 Å². The molecule has 5 nitrogen and oxygen atoms in total. The maximum absolute atomic E-state index is 12.8. The van der Waals surface area contributed by atoms with Crippen LogP contribution in [0.25, 0.3) is 0 Å². The van der Waals surface area contributed by atoms with E-state index in [0.29, 0.717) is 24.9 Å². The van der Waals surface area contributed by atoms with Crippen LogP contribution in [0.15, 0.2) is 23.1 Å². The number of nitrogens with zero attached hydrogens (tertiary/aromatic N) is 2. The zero-order valence-electron chi connectivity index (χ0n) is 11.7. The molecule has 1 aliphatic rings. The summed E-state index contributed by atoms with van der Waals surface area (Å²) in [5, 5.41) is 9.22. The number of nitrogens with two attached hydrogens (primary N) is 1. The Bertz CT molecular complexity index is 649. The Morgan fingerprint density at radius 2 is 2.15 bits per heavy atom. The van der Waals surface area contributed by atoms with Crippen LogP contribution in [0.1, 0.15) is 30.9 Å². The van der Waals surface area contributed by atoms with Gasteiger partial charge in [0.15, 0.2) is 0 Å². The van der Waals surface area contributed by atoms with Crippen LogP contribution in [-0.2, 0) is 10.0 Å². The average molecular weight is 293 g/mol. The SMILES string of the molecule is Cc1cccc(S(=O)(=O)N2CC[C@H](N)C[C@H]2C)c1C#N. The molecule has 1 aliphatic heterocycles. The normalized spacial score (nSPS) is 24.3. The lowest BCUT2D eigenvalue weighted by atomic mass is 10.0. The zero-order valence-corrected chi connectivity index (χ0v) is 12.5. The second-order valence-electron chi connectivity index (χ2n) is 5.31. The summed E-state index contributed by atoms with van der Waals surface area (Å²) in [5.74, 6) is 0. The number of piperidine rings is 1. The second kappa shape index (κ2) is 5.52. The Labute approximate surface area is 120 Å². The highest BCUT2D eigenvalue weighted by atomic mass is 32.2. The summed E-state index contributed by atoms with van der Waals surface area (Å²) in [4.78, 5) is 0.0994. The highest BCUT2D eigenvalue weighted by molar-refractivity contribution is 7.89. The molecule has 6 heteroatoms. The number of benzene rings is 1. The number of hydrogen-bond donors (Lipinski definition) is 1. The van der Waals surface area contributed by atoms with Gasteiger partial charge in [0, 0.05) is 18.6 Å². The lowest BCUT2D eigenvalue weighted by Crippen LogP contribution is -2.48. The second-order valence-corrected chi connectivity index (χ2v) is 7.17. The van der Waals surface area contributed by atoms with Gasteiger partial charge in [-0.1, -0.05) is 12.1 Å². The first-order valence-electron chi connectivity index (χ1n) is 6.65. The van der Waals surface area contributed by atoms with Crippen LogP contribution in [0.3, 0.4) is 0 Å². The minimum atomic E-state index is -3.64. The third kappa shape index (κ3) is 2.57. The van der Waals surface area contributed by atoms with Crippen molar-refractivity contribution >= 4 is 10.0 Å². The molecule has 0 saturated carbocycles. The first-order chi connectivity index (χ1) is 9.37. The molecular weight excluding hydrogens is 274 g/mol. The van der Waals surface area contributed by atoms with E-state index in [1.165, 1.54) is 10.4 Å². The number of hydrogen-bond acceptors (Lipinski definition) is 4. The van der Waals surface area contributed by atoms with Gasteiger partial charge in [-0.3, -0.25) is 0 Å². The first kappa shape index (κ1) is 15.0. The van der Waals surface area contributed by atoms with Crippen molar-refractivity contribution in [1.29, 1.82) is 5.26 Å². The van der Waals surface area contributed by atoms with Crippen LogP contribution in [-0.4, -0.2) is 31.4 Å². The van der Waals surface area contributed by atoms with Gasteiger partial charge in [-0.05, 0) is 38.3 Å². The van der Waals surface area contributed by atoms with Crippen molar-refractivity contribution in [3.8, 4) is 6.07 Å². The van der Waals surface area contributed by atoms with Gasteiger partial charge in [-0.2, -0.15) is 9.57 Å². The van der Waals surface area contributed by atoms with E-state index in [1.807, 2.05) is 13.0 Å². The average Bonchev–Trinajstić information content (AvgIpc) is 2.37. The summed E-state index contributed by atoms with van der Waals surface area (Å²) in [6, 6.07) is 6.82. The van der Waals surface area contributed by atoms with Crippen LogP contribution < -0.4 is 5.73 Å². The summed E-state index contributed by atoms with van der Waals surface area (Å²) in [5.41, 5.74) is 6.78. The molecule has 20 heavy (non-hydrogen) atoms. The molecule has 0 bridgehead atoms. The van der Waals surface area contributed by atoms with E-state index >= 15 is 0 Å². The minimum absolute atomic E-state index is 0.0457. The quantitative estimate of drug-likeness (QED) is 0.892. The third-order valence-corrected chi connectivity index (χ3v) is 5.84. The van der Waals surface area contributed by atoms with Crippen LogP contribution in [0, 0.1) is 18.3 Å². The summed E-state index contributed by atoms with van der Waals surface area (Å²) in [7, 11) is -3.64. The van der Waals surface area contributed by atoms with Gasteiger partial charge in [0.1, 0.15) is 11.0 Å². The van der Waals surface area contributed by atoms with Crippen LogP contribution >= 0.6 is 0 Å². The molecule has 0 aliphatic carbocycles. The molecule has 2 rings (SSSR count). The largest absolute Gasteiger partial charge is 0.328 e. The van der Waals surface area contributed by atoms with E-state index in [-0.39, 0.29) is 22.5 Å². The Balaban J connectivity index is 2.47. The van der Waals surface area contributed by atoms with E-state index in [0.717, 1.165) is 0 Å². The van der Waals surface area contributed by atoms with Gasteiger partial charge in [-0.25, -0.2) is 8.42 Å². The number of rotatable bonds is 2. The van der Waals surface area contributed by atoms with Crippen molar-refractivity contribution < 1.29 is 8.42 Å². The number of sulfonamides is 1. The first-order valence-corrected chi connectivity index (χ1v) is 8.09.